The molecule has 2 atom stereocenters. The van der Waals surface area contributed by atoms with Crippen LogP contribution in [-0.4, -0.2) is 36.5 Å². The molecule has 2 rings (SSSR count). The van der Waals surface area contributed by atoms with E-state index in [9.17, 15) is 0 Å². The monoisotopic (exact) mass is 485 g/mol. The standard InChI is InChI=1S/C32H55NO2/c1-25-21-27(17-13-9-11-15-19-34-31(3,4)5)23-29(25)33-30-24-28(22-26(30)2)18-14-10-12-16-20-35-32(6,7)8/h21-24,29-30,33H,9-20H2,1-8H3. The molecule has 0 aromatic carbocycles. The topological polar surface area (TPSA) is 30.5 Å². The van der Waals surface area contributed by atoms with Crippen molar-refractivity contribution in [2.75, 3.05) is 13.2 Å². The van der Waals surface area contributed by atoms with Crippen molar-refractivity contribution in [3.8, 4) is 0 Å². The molecule has 0 fully saturated rings. The van der Waals surface area contributed by atoms with Crippen LogP contribution in [0.5, 0.6) is 0 Å². The summed E-state index contributed by atoms with van der Waals surface area (Å²) < 4.78 is 11.7. The summed E-state index contributed by atoms with van der Waals surface area (Å²) in [4.78, 5) is 0. The Kier molecular flexibility index (Phi) is 12.5. The van der Waals surface area contributed by atoms with Crippen LogP contribution in [0.25, 0.3) is 0 Å². The molecular weight excluding hydrogens is 430 g/mol. The van der Waals surface area contributed by atoms with E-state index in [1.165, 1.54) is 86.5 Å². The lowest BCUT2D eigenvalue weighted by Gasteiger charge is -2.19. The molecule has 3 nitrogen and oxygen atoms in total. The van der Waals surface area contributed by atoms with Gasteiger partial charge >= 0.3 is 0 Å². The second-order valence-corrected chi connectivity index (χ2v) is 12.6. The van der Waals surface area contributed by atoms with Crippen molar-refractivity contribution >= 4 is 0 Å². The van der Waals surface area contributed by atoms with Gasteiger partial charge in [0.1, 0.15) is 0 Å². The first-order valence-electron chi connectivity index (χ1n) is 14.2. The van der Waals surface area contributed by atoms with E-state index in [1.807, 2.05) is 0 Å². The van der Waals surface area contributed by atoms with Crippen LogP contribution in [0.3, 0.4) is 0 Å². The van der Waals surface area contributed by atoms with Crippen LogP contribution in [0.4, 0.5) is 0 Å². The fourth-order valence-corrected chi connectivity index (χ4v) is 4.74. The molecule has 35 heavy (non-hydrogen) atoms. The van der Waals surface area contributed by atoms with Gasteiger partial charge in [0.05, 0.1) is 11.2 Å². The van der Waals surface area contributed by atoms with Crippen LogP contribution in [0.2, 0.25) is 0 Å². The summed E-state index contributed by atoms with van der Waals surface area (Å²) in [5, 5.41) is 3.88. The van der Waals surface area contributed by atoms with Crippen molar-refractivity contribution in [1.29, 1.82) is 0 Å². The molecule has 0 aliphatic heterocycles. The zero-order valence-electron chi connectivity index (χ0n) is 24.3. The highest BCUT2D eigenvalue weighted by Crippen LogP contribution is 2.27. The Morgan fingerprint density at radius 2 is 0.971 bits per heavy atom. The second kappa shape index (κ2) is 14.5. The summed E-state index contributed by atoms with van der Waals surface area (Å²) in [5.74, 6) is 0. The first-order chi connectivity index (χ1) is 16.4. The third-order valence-corrected chi connectivity index (χ3v) is 6.72. The number of hydrogen-bond acceptors (Lipinski definition) is 3. The molecule has 2 aliphatic rings. The van der Waals surface area contributed by atoms with Crippen LogP contribution in [0.15, 0.2) is 46.6 Å². The van der Waals surface area contributed by atoms with Crippen molar-refractivity contribution < 1.29 is 9.47 Å². The highest BCUT2D eigenvalue weighted by Gasteiger charge is 2.22. The van der Waals surface area contributed by atoms with Gasteiger partial charge in [-0.1, -0.05) is 72.3 Å². The Hall–Kier alpha value is -1.16. The maximum atomic E-state index is 5.83. The van der Waals surface area contributed by atoms with E-state index < -0.39 is 0 Å². The molecule has 2 unspecified atom stereocenters. The highest BCUT2D eigenvalue weighted by molar-refractivity contribution is 5.42. The summed E-state index contributed by atoms with van der Waals surface area (Å²) in [5.41, 5.74) is 5.89. The van der Waals surface area contributed by atoms with Gasteiger partial charge in [0.2, 0.25) is 0 Å². The van der Waals surface area contributed by atoms with Gasteiger partial charge < -0.3 is 9.47 Å². The van der Waals surface area contributed by atoms with E-state index in [1.54, 1.807) is 0 Å². The zero-order valence-corrected chi connectivity index (χ0v) is 24.3. The number of hydrogen-bond donors (Lipinski definition) is 1. The normalized spacial score (nSPS) is 20.7. The van der Waals surface area contributed by atoms with Crippen molar-refractivity contribution in [3.05, 3.63) is 46.6 Å². The van der Waals surface area contributed by atoms with Crippen molar-refractivity contribution in [2.24, 2.45) is 0 Å². The van der Waals surface area contributed by atoms with Gasteiger partial charge in [0, 0.05) is 25.3 Å². The molecule has 200 valence electrons. The lowest BCUT2D eigenvalue weighted by atomic mass is 10.1. The van der Waals surface area contributed by atoms with Gasteiger partial charge in [0.15, 0.2) is 0 Å². The predicted octanol–water partition coefficient (Wildman–Crippen LogP) is 8.62. The first-order valence-corrected chi connectivity index (χ1v) is 14.2. The van der Waals surface area contributed by atoms with Gasteiger partial charge in [-0.3, -0.25) is 5.32 Å². The minimum atomic E-state index is -0.0105. The van der Waals surface area contributed by atoms with Gasteiger partial charge in [-0.2, -0.15) is 0 Å². The number of nitrogens with one attached hydrogen (secondary N) is 1. The van der Waals surface area contributed by atoms with Gasteiger partial charge in [-0.25, -0.2) is 0 Å². The Labute approximate surface area is 217 Å². The average molecular weight is 486 g/mol. The number of ether oxygens (including phenoxy) is 2. The molecule has 0 heterocycles. The smallest absolute Gasteiger partial charge is 0.0598 e. The quantitative estimate of drug-likeness (QED) is 0.222. The molecular formula is C32H55NO2. The maximum absolute atomic E-state index is 5.83. The number of allylic oxidation sites excluding steroid dienone is 4. The predicted molar refractivity (Wildman–Crippen MR) is 152 cm³/mol. The van der Waals surface area contributed by atoms with E-state index in [2.05, 4.69) is 85.0 Å². The van der Waals surface area contributed by atoms with Crippen LogP contribution < -0.4 is 5.32 Å². The minimum absolute atomic E-state index is 0.0105. The second-order valence-electron chi connectivity index (χ2n) is 12.6. The van der Waals surface area contributed by atoms with E-state index in [0.29, 0.717) is 12.1 Å². The van der Waals surface area contributed by atoms with Crippen LogP contribution >= 0.6 is 0 Å². The Bertz CT molecular complexity index is 693. The largest absolute Gasteiger partial charge is 0.376 e. The van der Waals surface area contributed by atoms with Gasteiger partial charge in [-0.05, 0) is 93.9 Å². The zero-order chi connectivity index (χ0) is 25.9. The molecule has 0 saturated heterocycles. The Morgan fingerprint density at radius 3 is 1.34 bits per heavy atom. The Morgan fingerprint density at radius 1 is 0.600 bits per heavy atom. The van der Waals surface area contributed by atoms with Crippen molar-refractivity contribution in [2.45, 2.75) is 143 Å². The number of rotatable bonds is 16. The van der Waals surface area contributed by atoms with E-state index >= 15 is 0 Å². The SMILES string of the molecule is CC1=CC(CCCCCCOC(C)(C)C)=CC1NC1C=C(CCCCCCOC(C)(C)C)C=C1C. The Balaban J connectivity index is 1.63. The minimum Gasteiger partial charge on any atom is -0.376 e. The molecule has 1 N–H and O–H groups in total. The molecule has 0 radical (unpaired) electrons. The van der Waals surface area contributed by atoms with Crippen LogP contribution in [-0.2, 0) is 9.47 Å². The fourth-order valence-electron chi connectivity index (χ4n) is 4.74. The summed E-state index contributed by atoms with van der Waals surface area (Å²) in [7, 11) is 0. The lowest BCUT2D eigenvalue weighted by Crippen LogP contribution is -2.35. The summed E-state index contributed by atoms with van der Waals surface area (Å²) in [6.45, 7) is 19.1. The summed E-state index contributed by atoms with van der Waals surface area (Å²) in [6.07, 6.45) is 22.1. The molecule has 0 spiro atoms. The van der Waals surface area contributed by atoms with E-state index in [4.69, 9.17) is 9.47 Å². The third kappa shape index (κ3) is 13.1. The third-order valence-electron chi connectivity index (χ3n) is 6.72. The molecule has 0 aromatic rings. The molecule has 0 aromatic heterocycles. The van der Waals surface area contributed by atoms with Crippen molar-refractivity contribution in [1.82, 2.24) is 5.32 Å². The molecule has 2 aliphatic carbocycles. The van der Waals surface area contributed by atoms with Crippen LogP contribution in [0, 0.1) is 0 Å². The fraction of sp³-hybridized carbons (Fsp3) is 0.750. The molecule has 0 amide bonds. The molecule has 3 heteroatoms. The van der Waals surface area contributed by atoms with E-state index in [-0.39, 0.29) is 11.2 Å². The van der Waals surface area contributed by atoms with Gasteiger partial charge in [-0.15, -0.1) is 0 Å². The molecule has 0 bridgehead atoms. The van der Waals surface area contributed by atoms with Crippen molar-refractivity contribution in [3.63, 3.8) is 0 Å². The number of unbranched alkanes of at least 4 members (excludes halogenated alkanes) is 6. The highest BCUT2D eigenvalue weighted by atomic mass is 16.5. The molecule has 0 saturated carbocycles. The lowest BCUT2D eigenvalue weighted by molar-refractivity contribution is -0.00510. The van der Waals surface area contributed by atoms with Gasteiger partial charge in [0.25, 0.3) is 0 Å². The van der Waals surface area contributed by atoms with Crippen LogP contribution in [0.1, 0.15) is 120 Å². The average Bonchev–Trinajstić information content (AvgIpc) is 3.26. The van der Waals surface area contributed by atoms with E-state index in [0.717, 1.165) is 13.2 Å². The first kappa shape index (κ1) is 30.1. The maximum Gasteiger partial charge on any atom is 0.0598 e. The summed E-state index contributed by atoms with van der Waals surface area (Å²) >= 11 is 0. The summed E-state index contributed by atoms with van der Waals surface area (Å²) in [6, 6.07) is 0.744.